The van der Waals surface area contributed by atoms with Crippen molar-refractivity contribution in [3.05, 3.63) is 44.8 Å². The van der Waals surface area contributed by atoms with Crippen LogP contribution in [0.15, 0.2) is 39.6 Å². The molecule has 2 heterocycles. The predicted molar refractivity (Wildman–Crippen MR) is 66.3 cm³/mol. The van der Waals surface area contributed by atoms with Crippen LogP contribution in [0.25, 0.3) is 0 Å². The third kappa shape index (κ3) is 2.84. The maximum absolute atomic E-state index is 10.7. The Bertz CT molecular complexity index is 594. The zero-order valence-corrected chi connectivity index (χ0v) is 10.4. The number of aromatic nitrogens is 1. The van der Waals surface area contributed by atoms with Crippen LogP contribution in [0.2, 0.25) is 0 Å². The fraction of sp³-hybridized carbons (Fsp3) is 0. The Morgan fingerprint density at radius 3 is 2.72 bits per heavy atom. The number of pyridine rings is 1. The van der Waals surface area contributed by atoms with Crippen LogP contribution in [0.5, 0.6) is 0 Å². The highest BCUT2D eigenvalue weighted by atomic mass is 32.2. The van der Waals surface area contributed by atoms with E-state index in [2.05, 4.69) is 4.98 Å². The Labute approximate surface area is 109 Å². The van der Waals surface area contributed by atoms with Crippen molar-refractivity contribution in [2.24, 2.45) is 0 Å². The maximum Gasteiger partial charge on any atom is 0.363 e. The van der Waals surface area contributed by atoms with Crippen LogP contribution >= 0.6 is 23.1 Å². The van der Waals surface area contributed by atoms with Crippen molar-refractivity contribution in [3.8, 4) is 0 Å². The molecule has 0 saturated heterocycles. The molecule has 1 N–H and O–H groups in total. The molecule has 0 fully saturated rings. The van der Waals surface area contributed by atoms with Crippen molar-refractivity contribution in [2.45, 2.75) is 9.79 Å². The number of nitro groups is 1. The van der Waals surface area contributed by atoms with Crippen LogP contribution in [0.4, 0.5) is 5.82 Å². The number of hydrogen-bond donors (Lipinski definition) is 1. The normalized spacial score (nSPS) is 10.2. The Kier molecular flexibility index (Phi) is 3.58. The van der Waals surface area contributed by atoms with Crippen molar-refractivity contribution >= 4 is 34.9 Å². The van der Waals surface area contributed by atoms with E-state index in [-0.39, 0.29) is 10.7 Å². The smallest absolute Gasteiger partial charge is 0.363 e. The molecule has 92 valence electrons. The summed E-state index contributed by atoms with van der Waals surface area (Å²) in [4.78, 5) is 26.0. The molecule has 2 aromatic rings. The second-order valence-electron chi connectivity index (χ2n) is 3.16. The molecule has 0 unspecified atom stereocenters. The zero-order valence-electron chi connectivity index (χ0n) is 8.77. The lowest BCUT2D eigenvalue weighted by Crippen LogP contribution is -1.91. The van der Waals surface area contributed by atoms with Gasteiger partial charge in [0.15, 0.2) is 6.20 Å². The SMILES string of the molecule is O=C(O)c1cc(Sc2ccc([N+](=O)[O-])nc2)cs1. The molecule has 2 aromatic heterocycles. The highest BCUT2D eigenvalue weighted by Gasteiger charge is 2.10. The third-order valence-corrected chi connectivity index (χ3v) is 3.95. The van der Waals surface area contributed by atoms with E-state index in [4.69, 9.17) is 5.11 Å². The van der Waals surface area contributed by atoms with Gasteiger partial charge in [-0.15, -0.1) is 11.3 Å². The van der Waals surface area contributed by atoms with Gasteiger partial charge in [0, 0.05) is 16.3 Å². The van der Waals surface area contributed by atoms with Gasteiger partial charge in [-0.25, -0.2) is 4.79 Å². The van der Waals surface area contributed by atoms with Crippen molar-refractivity contribution in [2.75, 3.05) is 0 Å². The summed E-state index contributed by atoms with van der Waals surface area (Å²) in [6.07, 6.45) is 1.39. The summed E-state index contributed by atoms with van der Waals surface area (Å²) in [5, 5.41) is 20.9. The van der Waals surface area contributed by atoms with Crippen molar-refractivity contribution in [3.63, 3.8) is 0 Å². The Morgan fingerprint density at radius 2 is 2.22 bits per heavy atom. The largest absolute Gasteiger partial charge is 0.477 e. The summed E-state index contributed by atoms with van der Waals surface area (Å²) in [6, 6.07) is 4.44. The third-order valence-electron chi connectivity index (χ3n) is 1.93. The summed E-state index contributed by atoms with van der Waals surface area (Å²) in [7, 11) is 0. The first-order valence-corrected chi connectivity index (χ1v) is 6.36. The monoisotopic (exact) mass is 282 g/mol. The van der Waals surface area contributed by atoms with Crippen LogP contribution in [-0.2, 0) is 0 Å². The number of carboxylic acid groups (broad SMARTS) is 1. The quantitative estimate of drug-likeness (QED) is 0.684. The van der Waals surface area contributed by atoms with Crippen LogP contribution in [0.3, 0.4) is 0 Å². The van der Waals surface area contributed by atoms with E-state index >= 15 is 0 Å². The summed E-state index contributed by atoms with van der Waals surface area (Å²) in [5.41, 5.74) is 0. The van der Waals surface area contributed by atoms with E-state index in [9.17, 15) is 14.9 Å². The van der Waals surface area contributed by atoms with Crippen LogP contribution in [0, 0.1) is 10.1 Å². The van der Waals surface area contributed by atoms with Crippen molar-refractivity contribution < 1.29 is 14.8 Å². The van der Waals surface area contributed by atoms with Gasteiger partial charge in [-0.05, 0) is 22.0 Å². The first kappa shape index (κ1) is 12.5. The van der Waals surface area contributed by atoms with E-state index in [0.717, 1.165) is 21.1 Å². The molecule has 0 saturated carbocycles. The van der Waals surface area contributed by atoms with Gasteiger partial charge in [-0.1, -0.05) is 11.8 Å². The van der Waals surface area contributed by atoms with E-state index in [1.807, 2.05) is 0 Å². The topological polar surface area (TPSA) is 93.3 Å². The lowest BCUT2D eigenvalue weighted by Gasteiger charge is -1.95. The average Bonchev–Trinajstić information content (AvgIpc) is 2.78. The van der Waals surface area contributed by atoms with E-state index in [1.54, 1.807) is 17.5 Å². The molecule has 0 radical (unpaired) electrons. The van der Waals surface area contributed by atoms with Gasteiger partial charge in [-0.2, -0.15) is 0 Å². The summed E-state index contributed by atoms with van der Waals surface area (Å²) >= 11 is 2.44. The number of nitrogens with zero attached hydrogens (tertiary/aromatic N) is 2. The lowest BCUT2D eigenvalue weighted by atomic mass is 10.5. The van der Waals surface area contributed by atoms with Crippen LogP contribution < -0.4 is 0 Å². The zero-order chi connectivity index (χ0) is 13.1. The first-order valence-electron chi connectivity index (χ1n) is 4.66. The molecule has 0 amide bonds. The molecule has 8 heteroatoms. The van der Waals surface area contributed by atoms with Gasteiger partial charge < -0.3 is 15.2 Å². The summed E-state index contributed by atoms with van der Waals surface area (Å²) in [6.45, 7) is 0. The average molecular weight is 282 g/mol. The van der Waals surface area contributed by atoms with Crippen molar-refractivity contribution in [1.29, 1.82) is 0 Å². The minimum Gasteiger partial charge on any atom is -0.477 e. The number of carbonyl (C=O) groups is 1. The Hall–Kier alpha value is -1.93. The number of thiophene rings is 1. The fourth-order valence-electron chi connectivity index (χ4n) is 1.16. The molecule has 0 atom stereocenters. The highest BCUT2D eigenvalue weighted by molar-refractivity contribution is 7.99. The molecule has 18 heavy (non-hydrogen) atoms. The number of aromatic carboxylic acids is 1. The van der Waals surface area contributed by atoms with E-state index in [0.29, 0.717) is 0 Å². The van der Waals surface area contributed by atoms with Gasteiger partial charge in [0.05, 0.1) is 4.90 Å². The molecular formula is C10H6N2O4S2. The Balaban J connectivity index is 2.13. The highest BCUT2D eigenvalue weighted by Crippen LogP contribution is 2.31. The summed E-state index contributed by atoms with van der Waals surface area (Å²) in [5.74, 6) is -1.18. The number of carboxylic acids is 1. The van der Waals surface area contributed by atoms with Gasteiger partial charge in [0.1, 0.15) is 4.88 Å². The van der Waals surface area contributed by atoms with Gasteiger partial charge in [-0.3, -0.25) is 0 Å². The summed E-state index contributed by atoms with van der Waals surface area (Å²) < 4.78 is 0. The fourth-order valence-corrected chi connectivity index (χ4v) is 2.87. The minimum absolute atomic E-state index is 0.212. The van der Waals surface area contributed by atoms with Crippen LogP contribution in [-0.4, -0.2) is 21.0 Å². The number of rotatable bonds is 4. The molecule has 0 spiro atoms. The Morgan fingerprint density at radius 1 is 1.44 bits per heavy atom. The molecule has 0 bridgehead atoms. The second kappa shape index (κ2) is 5.15. The molecule has 0 aliphatic rings. The van der Waals surface area contributed by atoms with Gasteiger partial charge in [0.25, 0.3) is 0 Å². The number of hydrogen-bond acceptors (Lipinski definition) is 6. The molecule has 0 aliphatic heterocycles. The standard InChI is InChI=1S/C10H6N2O4S2/c13-10(14)8-3-7(5-17-8)18-6-1-2-9(11-4-6)12(15)16/h1-5H,(H,13,14). The molecule has 0 aromatic carbocycles. The van der Waals surface area contributed by atoms with Crippen molar-refractivity contribution in [1.82, 2.24) is 4.98 Å². The van der Waals surface area contributed by atoms with E-state index in [1.165, 1.54) is 24.0 Å². The second-order valence-corrected chi connectivity index (χ2v) is 5.22. The van der Waals surface area contributed by atoms with E-state index < -0.39 is 10.9 Å². The maximum atomic E-state index is 10.7. The molecule has 0 aliphatic carbocycles. The van der Waals surface area contributed by atoms with Crippen LogP contribution in [0.1, 0.15) is 9.67 Å². The molecule has 6 nitrogen and oxygen atoms in total. The molecular weight excluding hydrogens is 276 g/mol. The minimum atomic E-state index is -0.964. The predicted octanol–water partition coefficient (Wildman–Crippen LogP) is 2.90. The van der Waals surface area contributed by atoms with Gasteiger partial charge >= 0.3 is 11.8 Å². The van der Waals surface area contributed by atoms with Gasteiger partial charge in [0.2, 0.25) is 0 Å². The first-order chi connectivity index (χ1) is 8.56. The molecule has 2 rings (SSSR count). The lowest BCUT2D eigenvalue weighted by molar-refractivity contribution is -0.389.